The lowest BCUT2D eigenvalue weighted by Crippen LogP contribution is -2.23. The highest BCUT2D eigenvalue weighted by atomic mass is 35.5. The normalized spacial score (nSPS) is 13.0. The van der Waals surface area contributed by atoms with E-state index >= 15 is 0 Å². The molecule has 0 aliphatic rings. The van der Waals surface area contributed by atoms with E-state index in [-0.39, 0.29) is 5.41 Å². The van der Waals surface area contributed by atoms with Crippen molar-refractivity contribution in [3.63, 3.8) is 0 Å². The quantitative estimate of drug-likeness (QED) is 0.285. The number of unbranched alkanes of at least 4 members (excludes halogenated alkanes) is 6. The summed E-state index contributed by atoms with van der Waals surface area (Å²) in [6.07, 6.45) is 15.4. The first-order chi connectivity index (χ1) is 13.4. The molecule has 0 heterocycles. The zero-order chi connectivity index (χ0) is 21.0. The van der Waals surface area contributed by atoms with Gasteiger partial charge in [-0.2, -0.15) is 0 Å². The summed E-state index contributed by atoms with van der Waals surface area (Å²) < 4.78 is 0. The molecule has 0 aliphatic heterocycles. The third kappa shape index (κ3) is 8.36. The largest absolute Gasteiger partial charge is 0.382 e. The summed E-state index contributed by atoms with van der Waals surface area (Å²) in [6, 6.07) is 5.06. The third-order valence-corrected chi connectivity index (χ3v) is 6.58. The second-order valence-corrected chi connectivity index (χ2v) is 9.57. The third-order valence-electron chi connectivity index (χ3n) is 6.27. The van der Waals surface area contributed by atoms with Gasteiger partial charge >= 0.3 is 0 Å². The first-order valence-corrected chi connectivity index (χ1v) is 12.3. The Morgan fingerprint density at radius 2 is 1.43 bits per heavy atom. The average molecular weight is 408 g/mol. The molecule has 1 aromatic carbocycles. The zero-order valence-corrected chi connectivity index (χ0v) is 20.4. The maximum Gasteiger partial charge on any atom is 0.0464 e. The highest BCUT2D eigenvalue weighted by molar-refractivity contribution is 6.31. The molecule has 0 aliphatic carbocycles. The molecule has 0 radical (unpaired) electrons. The summed E-state index contributed by atoms with van der Waals surface area (Å²) in [4.78, 5) is 0. The van der Waals surface area contributed by atoms with Crippen LogP contribution >= 0.6 is 11.6 Å². The lowest BCUT2D eigenvalue weighted by molar-refractivity contribution is 0.367. The predicted octanol–water partition coefficient (Wildman–Crippen LogP) is 9.45. The maximum absolute atomic E-state index is 6.88. The molecular formula is C26H46ClN. The number of anilines is 1. The van der Waals surface area contributed by atoms with Crippen LogP contribution in [0.3, 0.4) is 0 Å². The van der Waals surface area contributed by atoms with Gasteiger partial charge in [-0.25, -0.2) is 0 Å². The van der Waals surface area contributed by atoms with Gasteiger partial charge in [0.1, 0.15) is 0 Å². The number of nitrogens with one attached hydrogen (secondary N) is 1. The second kappa shape index (κ2) is 13.5. The van der Waals surface area contributed by atoms with Gasteiger partial charge in [0.05, 0.1) is 0 Å². The van der Waals surface area contributed by atoms with Gasteiger partial charge in [-0.05, 0) is 55.7 Å². The minimum Gasteiger partial charge on any atom is -0.382 e. The van der Waals surface area contributed by atoms with Crippen molar-refractivity contribution in [1.29, 1.82) is 0 Å². The van der Waals surface area contributed by atoms with Crippen LogP contribution in [0.4, 0.5) is 5.69 Å². The molecule has 0 spiro atoms. The Hall–Kier alpha value is -0.690. The molecule has 1 aromatic rings. The number of hydrogen-bond donors (Lipinski definition) is 1. The van der Waals surface area contributed by atoms with Crippen molar-refractivity contribution >= 4 is 17.3 Å². The fraction of sp³-hybridized carbons (Fsp3) is 0.769. The maximum atomic E-state index is 6.88. The van der Waals surface area contributed by atoms with Crippen LogP contribution < -0.4 is 5.32 Å². The molecule has 28 heavy (non-hydrogen) atoms. The van der Waals surface area contributed by atoms with E-state index in [1.165, 1.54) is 93.9 Å². The van der Waals surface area contributed by atoms with Crippen molar-refractivity contribution in [2.75, 3.05) is 5.32 Å². The Bertz CT molecular complexity index is 542. The standard InChI is InChI=1S/C26H46ClN/c1-7-10-13-16-22(5)28-25-20-24(27)23(19-21(25)4)26(6,17-14-11-8-2)18-15-12-9-3/h19-20,22,28H,7-18H2,1-6H3. The number of aryl methyl sites for hydroxylation is 1. The molecule has 0 aromatic heterocycles. The van der Waals surface area contributed by atoms with Crippen molar-refractivity contribution in [2.24, 2.45) is 0 Å². The first-order valence-electron chi connectivity index (χ1n) is 11.9. The van der Waals surface area contributed by atoms with Crippen LogP contribution in [0.1, 0.15) is 123 Å². The lowest BCUT2D eigenvalue weighted by Gasteiger charge is -2.32. The summed E-state index contributed by atoms with van der Waals surface area (Å²) in [5.74, 6) is 0. The lowest BCUT2D eigenvalue weighted by atomic mass is 9.73. The Balaban J connectivity index is 2.97. The summed E-state index contributed by atoms with van der Waals surface area (Å²) in [7, 11) is 0. The first kappa shape index (κ1) is 25.3. The topological polar surface area (TPSA) is 12.0 Å². The van der Waals surface area contributed by atoms with Crippen LogP contribution in [0.25, 0.3) is 0 Å². The van der Waals surface area contributed by atoms with Crippen molar-refractivity contribution in [2.45, 2.75) is 130 Å². The summed E-state index contributed by atoms with van der Waals surface area (Å²) in [5.41, 5.74) is 4.10. The van der Waals surface area contributed by atoms with E-state index in [2.05, 4.69) is 59.0 Å². The van der Waals surface area contributed by atoms with Crippen LogP contribution in [0, 0.1) is 6.92 Å². The minimum atomic E-state index is 0.192. The van der Waals surface area contributed by atoms with E-state index in [0.717, 1.165) is 5.02 Å². The van der Waals surface area contributed by atoms with E-state index in [1.54, 1.807) is 0 Å². The molecule has 1 nitrogen and oxygen atoms in total. The Morgan fingerprint density at radius 3 is 1.96 bits per heavy atom. The Morgan fingerprint density at radius 1 is 0.893 bits per heavy atom. The van der Waals surface area contributed by atoms with E-state index < -0.39 is 0 Å². The minimum absolute atomic E-state index is 0.192. The molecular weight excluding hydrogens is 362 g/mol. The highest BCUT2D eigenvalue weighted by Crippen LogP contribution is 2.41. The van der Waals surface area contributed by atoms with Gasteiger partial charge in [-0.3, -0.25) is 0 Å². The monoisotopic (exact) mass is 407 g/mol. The smallest absolute Gasteiger partial charge is 0.0464 e. The van der Waals surface area contributed by atoms with Gasteiger partial charge in [0.15, 0.2) is 0 Å². The summed E-state index contributed by atoms with van der Waals surface area (Å²) in [5, 5.41) is 4.66. The Kier molecular flexibility index (Phi) is 12.2. The van der Waals surface area contributed by atoms with Crippen LogP contribution in [0.5, 0.6) is 0 Å². The van der Waals surface area contributed by atoms with Crippen LogP contribution in [0.2, 0.25) is 5.02 Å². The molecule has 1 rings (SSSR count). The van der Waals surface area contributed by atoms with Crippen molar-refractivity contribution in [3.8, 4) is 0 Å². The zero-order valence-electron chi connectivity index (χ0n) is 19.6. The van der Waals surface area contributed by atoms with Crippen LogP contribution in [-0.2, 0) is 5.41 Å². The van der Waals surface area contributed by atoms with E-state index in [4.69, 9.17) is 11.6 Å². The molecule has 1 N–H and O–H groups in total. The second-order valence-electron chi connectivity index (χ2n) is 9.16. The molecule has 162 valence electrons. The van der Waals surface area contributed by atoms with Gasteiger partial charge in [0.2, 0.25) is 0 Å². The number of rotatable bonds is 15. The van der Waals surface area contributed by atoms with Gasteiger partial charge < -0.3 is 5.32 Å². The van der Waals surface area contributed by atoms with Gasteiger partial charge in [-0.15, -0.1) is 0 Å². The SMILES string of the molecule is CCCCCC(C)Nc1cc(Cl)c(C(C)(CCCCC)CCCCC)cc1C. The average Bonchev–Trinajstić information content (AvgIpc) is 2.65. The molecule has 1 atom stereocenters. The highest BCUT2D eigenvalue weighted by Gasteiger charge is 2.28. The Labute approximate surface area is 181 Å². The number of benzene rings is 1. The molecule has 0 saturated carbocycles. The molecule has 0 bridgehead atoms. The fourth-order valence-corrected chi connectivity index (χ4v) is 4.65. The van der Waals surface area contributed by atoms with Gasteiger partial charge in [0.25, 0.3) is 0 Å². The van der Waals surface area contributed by atoms with Crippen LogP contribution in [-0.4, -0.2) is 6.04 Å². The molecule has 0 fully saturated rings. The molecule has 0 amide bonds. The van der Waals surface area contributed by atoms with Crippen molar-refractivity contribution in [1.82, 2.24) is 0 Å². The molecule has 2 heteroatoms. The number of halogens is 1. The predicted molar refractivity (Wildman–Crippen MR) is 129 cm³/mol. The summed E-state index contributed by atoms with van der Waals surface area (Å²) >= 11 is 6.88. The molecule has 0 saturated heterocycles. The number of hydrogen-bond acceptors (Lipinski definition) is 1. The van der Waals surface area contributed by atoms with E-state index in [0.29, 0.717) is 6.04 Å². The van der Waals surface area contributed by atoms with Crippen molar-refractivity contribution in [3.05, 3.63) is 28.3 Å². The van der Waals surface area contributed by atoms with E-state index in [9.17, 15) is 0 Å². The fourth-order valence-electron chi connectivity index (χ4n) is 4.26. The van der Waals surface area contributed by atoms with E-state index in [1.807, 2.05) is 0 Å². The summed E-state index contributed by atoms with van der Waals surface area (Å²) in [6.45, 7) is 13.8. The van der Waals surface area contributed by atoms with Gasteiger partial charge in [0, 0.05) is 16.8 Å². The van der Waals surface area contributed by atoms with Gasteiger partial charge in [-0.1, -0.05) is 103 Å². The van der Waals surface area contributed by atoms with Crippen molar-refractivity contribution < 1.29 is 0 Å². The van der Waals surface area contributed by atoms with Crippen LogP contribution in [0.15, 0.2) is 12.1 Å². The molecule has 1 unspecified atom stereocenters.